The van der Waals surface area contributed by atoms with Crippen LogP contribution in [0.4, 0.5) is 0 Å². The Hall–Kier alpha value is -0.0800. The molecule has 0 saturated carbocycles. The van der Waals surface area contributed by atoms with Crippen molar-refractivity contribution in [1.82, 2.24) is 10.6 Å². The SMILES string of the molecule is CCCCCC(C)NC(=NCC1(O)CCOCC1)NCC.I. The van der Waals surface area contributed by atoms with Crippen LogP contribution >= 0.6 is 24.0 Å². The van der Waals surface area contributed by atoms with Crippen LogP contribution in [-0.2, 0) is 4.74 Å². The van der Waals surface area contributed by atoms with Crippen molar-refractivity contribution in [1.29, 1.82) is 0 Å². The van der Waals surface area contributed by atoms with E-state index < -0.39 is 5.60 Å². The number of hydrogen-bond donors (Lipinski definition) is 3. The van der Waals surface area contributed by atoms with Gasteiger partial charge in [-0.05, 0) is 20.3 Å². The molecule has 1 aliphatic heterocycles. The van der Waals surface area contributed by atoms with E-state index in [9.17, 15) is 5.11 Å². The molecule has 0 amide bonds. The Balaban J connectivity index is 0.00000441. The first-order chi connectivity index (χ1) is 10.1. The van der Waals surface area contributed by atoms with E-state index in [1.165, 1.54) is 19.3 Å². The molecule has 0 aliphatic carbocycles. The lowest BCUT2D eigenvalue weighted by molar-refractivity contribution is -0.0566. The molecule has 3 N–H and O–H groups in total. The molecule has 5 nitrogen and oxygen atoms in total. The van der Waals surface area contributed by atoms with Crippen LogP contribution in [0.15, 0.2) is 4.99 Å². The van der Waals surface area contributed by atoms with Gasteiger partial charge in [0.25, 0.3) is 0 Å². The summed E-state index contributed by atoms with van der Waals surface area (Å²) in [5.74, 6) is 0.807. The maximum absolute atomic E-state index is 10.5. The molecule has 6 heteroatoms. The van der Waals surface area contributed by atoms with Gasteiger partial charge in [0.2, 0.25) is 0 Å². The molecule has 1 fully saturated rings. The molecule has 0 spiro atoms. The molecule has 1 heterocycles. The average Bonchev–Trinajstić information content (AvgIpc) is 2.46. The molecular weight excluding hydrogens is 393 g/mol. The van der Waals surface area contributed by atoms with E-state index in [0.29, 0.717) is 38.6 Å². The van der Waals surface area contributed by atoms with Gasteiger partial charge in [-0.15, -0.1) is 24.0 Å². The van der Waals surface area contributed by atoms with Gasteiger partial charge in [-0.25, -0.2) is 0 Å². The number of hydrogen-bond acceptors (Lipinski definition) is 3. The number of rotatable bonds is 8. The summed E-state index contributed by atoms with van der Waals surface area (Å²) in [5.41, 5.74) is -0.702. The summed E-state index contributed by atoms with van der Waals surface area (Å²) < 4.78 is 5.30. The van der Waals surface area contributed by atoms with Crippen molar-refractivity contribution in [2.75, 3.05) is 26.3 Å². The molecule has 1 unspecified atom stereocenters. The quantitative estimate of drug-likeness (QED) is 0.241. The lowest BCUT2D eigenvalue weighted by atomic mass is 9.95. The summed E-state index contributed by atoms with van der Waals surface area (Å²) in [6.45, 7) is 8.99. The van der Waals surface area contributed by atoms with Gasteiger partial charge in [0.15, 0.2) is 5.96 Å². The van der Waals surface area contributed by atoms with Gasteiger partial charge in [-0.3, -0.25) is 4.99 Å². The second-order valence-electron chi connectivity index (χ2n) is 6.07. The van der Waals surface area contributed by atoms with E-state index in [2.05, 4.69) is 36.4 Å². The van der Waals surface area contributed by atoms with Crippen LogP contribution in [0.1, 0.15) is 59.3 Å². The van der Waals surface area contributed by atoms with Crippen molar-refractivity contribution < 1.29 is 9.84 Å². The number of ether oxygens (including phenoxy) is 1. The molecule has 1 aliphatic rings. The average molecular weight is 427 g/mol. The summed E-state index contributed by atoms with van der Waals surface area (Å²) >= 11 is 0. The molecule has 0 bridgehead atoms. The van der Waals surface area contributed by atoms with Crippen LogP contribution in [0.5, 0.6) is 0 Å². The van der Waals surface area contributed by atoms with E-state index in [1.54, 1.807) is 0 Å². The number of nitrogens with zero attached hydrogens (tertiary/aromatic N) is 1. The molecule has 1 atom stereocenters. The van der Waals surface area contributed by atoms with Crippen molar-refractivity contribution in [2.45, 2.75) is 70.9 Å². The van der Waals surface area contributed by atoms with E-state index in [1.807, 2.05) is 0 Å². The largest absolute Gasteiger partial charge is 0.388 e. The third-order valence-electron chi connectivity index (χ3n) is 3.92. The van der Waals surface area contributed by atoms with Gasteiger partial charge < -0.3 is 20.5 Å². The van der Waals surface area contributed by atoms with Crippen LogP contribution in [-0.4, -0.2) is 49.0 Å². The summed E-state index contributed by atoms with van der Waals surface area (Å²) in [6, 6.07) is 0.402. The fourth-order valence-corrected chi connectivity index (χ4v) is 2.46. The maximum atomic E-state index is 10.5. The molecule has 0 aromatic rings. The Kier molecular flexibility index (Phi) is 12.3. The zero-order chi connectivity index (χ0) is 15.6. The van der Waals surface area contributed by atoms with Crippen molar-refractivity contribution in [3.05, 3.63) is 0 Å². The normalized spacial score (nSPS) is 19.2. The van der Waals surface area contributed by atoms with Crippen molar-refractivity contribution in [2.24, 2.45) is 4.99 Å². The number of aliphatic hydroxyl groups is 1. The van der Waals surface area contributed by atoms with Crippen LogP contribution in [0.25, 0.3) is 0 Å². The van der Waals surface area contributed by atoms with Crippen LogP contribution < -0.4 is 10.6 Å². The number of halogens is 1. The van der Waals surface area contributed by atoms with Crippen LogP contribution in [0.2, 0.25) is 0 Å². The molecule has 1 rings (SSSR count). The van der Waals surface area contributed by atoms with Gasteiger partial charge in [-0.2, -0.15) is 0 Å². The number of guanidine groups is 1. The molecule has 132 valence electrons. The number of nitrogens with one attached hydrogen (secondary N) is 2. The van der Waals surface area contributed by atoms with Crippen LogP contribution in [0.3, 0.4) is 0 Å². The zero-order valence-corrected chi connectivity index (χ0v) is 16.7. The predicted molar refractivity (Wildman–Crippen MR) is 103 cm³/mol. The van der Waals surface area contributed by atoms with Gasteiger partial charge in [0.05, 0.1) is 12.1 Å². The monoisotopic (exact) mass is 427 g/mol. The summed E-state index contributed by atoms with van der Waals surface area (Å²) in [6.07, 6.45) is 6.25. The van der Waals surface area contributed by atoms with E-state index in [4.69, 9.17) is 4.74 Å². The first-order valence-electron chi connectivity index (χ1n) is 8.44. The van der Waals surface area contributed by atoms with Crippen molar-refractivity contribution in [3.63, 3.8) is 0 Å². The number of unbranched alkanes of at least 4 members (excludes halogenated alkanes) is 2. The summed E-state index contributed by atoms with van der Waals surface area (Å²) in [4.78, 5) is 4.57. The zero-order valence-electron chi connectivity index (χ0n) is 14.4. The highest BCUT2D eigenvalue weighted by atomic mass is 127. The first kappa shape index (κ1) is 21.9. The minimum absolute atomic E-state index is 0. The molecule has 22 heavy (non-hydrogen) atoms. The smallest absolute Gasteiger partial charge is 0.191 e. The van der Waals surface area contributed by atoms with Gasteiger partial charge >= 0.3 is 0 Å². The third kappa shape index (κ3) is 9.15. The van der Waals surface area contributed by atoms with Crippen LogP contribution in [0, 0.1) is 0 Å². The first-order valence-corrected chi connectivity index (χ1v) is 8.44. The Morgan fingerprint density at radius 1 is 1.27 bits per heavy atom. The Morgan fingerprint density at radius 2 is 1.95 bits per heavy atom. The highest BCUT2D eigenvalue weighted by Gasteiger charge is 2.29. The number of aliphatic imine (C=N–C) groups is 1. The minimum atomic E-state index is -0.702. The molecule has 0 aromatic heterocycles. The van der Waals surface area contributed by atoms with Gasteiger partial charge in [0, 0.05) is 38.6 Å². The maximum Gasteiger partial charge on any atom is 0.191 e. The minimum Gasteiger partial charge on any atom is -0.388 e. The molecule has 1 saturated heterocycles. The Morgan fingerprint density at radius 3 is 2.55 bits per heavy atom. The second kappa shape index (κ2) is 12.4. The lowest BCUT2D eigenvalue weighted by Crippen LogP contribution is -2.45. The lowest BCUT2D eigenvalue weighted by Gasteiger charge is -2.30. The summed E-state index contributed by atoms with van der Waals surface area (Å²) in [7, 11) is 0. The Bertz CT molecular complexity index is 308. The van der Waals surface area contributed by atoms with E-state index in [0.717, 1.165) is 18.9 Å². The third-order valence-corrected chi connectivity index (χ3v) is 3.92. The molecule has 0 radical (unpaired) electrons. The summed E-state index contributed by atoms with van der Waals surface area (Å²) in [5, 5.41) is 17.1. The fraction of sp³-hybridized carbons (Fsp3) is 0.938. The topological polar surface area (TPSA) is 65.9 Å². The second-order valence-corrected chi connectivity index (χ2v) is 6.07. The Labute approximate surface area is 152 Å². The fourth-order valence-electron chi connectivity index (χ4n) is 2.46. The van der Waals surface area contributed by atoms with E-state index in [-0.39, 0.29) is 24.0 Å². The highest BCUT2D eigenvalue weighted by molar-refractivity contribution is 14.0. The highest BCUT2D eigenvalue weighted by Crippen LogP contribution is 2.20. The predicted octanol–water partition coefficient (Wildman–Crippen LogP) is 2.67. The van der Waals surface area contributed by atoms with Gasteiger partial charge in [-0.1, -0.05) is 26.2 Å². The van der Waals surface area contributed by atoms with Crippen molar-refractivity contribution in [3.8, 4) is 0 Å². The van der Waals surface area contributed by atoms with E-state index >= 15 is 0 Å². The van der Waals surface area contributed by atoms with Gasteiger partial charge in [0.1, 0.15) is 0 Å². The molecular formula is C16H34IN3O2. The van der Waals surface area contributed by atoms with Crippen molar-refractivity contribution >= 4 is 29.9 Å². The standard InChI is InChI=1S/C16H33N3O2.HI/c1-4-6-7-8-14(3)19-15(17-5-2)18-13-16(20)9-11-21-12-10-16;/h14,20H,4-13H2,1-3H3,(H2,17,18,19);1H. The molecule has 0 aromatic carbocycles.